The Labute approximate surface area is 133 Å². The maximum Gasteiger partial charge on any atom is 0.387 e. The number of hydrogen-bond acceptors (Lipinski definition) is 3. The number of carbonyl (C=O) groups is 1. The standard InChI is InChI=1S/C17H17F2NO3/c1-12(22-14-5-3-2-4-6-14)16(21)20-11-13-7-9-15(10-8-13)23-17(18)19/h2-10,12,17H,11H2,1H3,(H,20,21). The van der Waals surface area contributed by atoms with Crippen molar-refractivity contribution < 1.29 is 23.0 Å². The van der Waals surface area contributed by atoms with E-state index in [0.29, 0.717) is 5.75 Å². The van der Waals surface area contributed by atoms with Gasteiger partial charge in [0.15, 0.2) is 6.10 Å². The lowest BCUT2D eigenvalue weighted by molar-refractivity contribution is -0.127. The molecule has 1 amide bonds. The average molecular weight is 321 g/mol. The Morgan fingerprint density at radius 2 is 1.61 bits per heavy atom. The van der Waals surface area contributed by atoms with Crippen LogP contribution in [0.5, 0.6) is 11.5 Å². The molecule has 0 aliphatic carbocycles. The third-order valence-electron chi connectivity index (χ3n) is 3.04. The number of nitrogens with one attached hydrogen (secondary N) is 1. The van der Waals surface area contributed by atoms with Gasteiger partial charge in [-0.15, -0.1) is 0 Å². The van der Waals surface area contributed by atoms with Gasteiger partial charge in [-0.1, -0.05) is 30.3 Å². The summed E-state index contributed by atoms with van der Waals surface area (Å²) in [4.78, 5) is 12.0. The van der Waals surface area contributed by atoms with E-state index in [0.717, 1.165) is 5.56 Å². The van der Waals surface area contributed by atoms with Crippen LogP contribution in [0, 0.1) is 0 Å². The third kappa shape index (κ3) is 5.58. The molecular formula is C17H17F2NO3. The van der Waals surface area contributed by atoms with Crippen molar-refractivity contribution in [2.75, 3.05) is 0 Å². The van der Waals surface area contributed by atoms with Crippen LogP contribution >= 0.6 is 0 Å². The van der Waals surface area contributed by atoms with E-state index < -0.39 is 12.7 Å². The molecule has 23 heavy (non-hydrogen) atoms. The summed E-state index contributed by atoms with van der Waals surface area (Å²) in [5, 5.41) is 2.73. The first-order chi connectivity index (χ1) is 11.0. The molecule has 0 fully saturated rings. The molecule has 2 aromatic rings. The fourth-order valence-electron chi connectivity index (χ4n) is 1.88. The molecule has 0 radical (unpaired) electrons. The zero-order valence-corrected chi connectivity index (χ0v) is 12.5. The minimum atomic E-state index is -2.85. The van der Waals surface area contributed by atoms with E-state index in [1.165, 1.54) is 12.1 Å². The van der Waals surface area contributed by atoms with Crippen LogP contribution in [-0.4, -0.2) is 18.6 Å². The Morgan fingerprint density at radius 3 is 2.22 bits per heavy atom. The molecule has 0 spiro atoms. The molecule has 2 rings (SSSR count). The van der Waals surface area contributed by atoms with Gasteiger partial charge in [0.2, 0.25) is 0 Å². The van der Waals surface area contributed by atoms with Crippen molar-refractivity contribution in [2.45, 2.75) is 26.2 Å². The van der Waals surface area contributed by atoms with Gasteiger partial charge in [0.25, 0.3) is 5.91 Å². The summed E-state index contributed by atoms with van der Waals surface area (Å²) in [7, 11) is 0. The van der Waals surface area contributed by atoms with Gasteiger partial charge < -0.3 is 14.8 Å². The maximum atomic E-state index is 12.0. The topological polar surface area (TPSA) is 47.6 Å². The second-order valence-electron chi connectivity index (χ2n) is 4.81. The number of benzene rings is 2. The van der Waals surface area contributed by atoms with Crippen molar-refractivity contribution in [1.82, 2.24) is 5.32 Å². The predicted molar refractivity (Wildman–Crippen MR) is 81.5 cm³/mol. The molecule has 122 valence electrons. The first kappa shape index (κ1) is 16.7. The van der Waals surface area contributed by atoms with Gasteiger partial charge in [-0.25, -0.2) is 0 Å². The minimum absolute atomic E-state index is 0.0795. The Morgan fingerprint density at radius 1 is 1.00 bits per heavy atom. The van der Waals surface area contributed by atoms with Crippen LogP contribution in [0.1, 0.15) is 12.5 Å². The van der Waals surface area contributed by atoms with E-state index in [9.17, 15) is 13.6 Å². The highest BCUT2D eigenvalue weighted by molar-refractivity contribution is 5.80. The number of rotatable bonds is 7. The van der Waals surface area contributed by atoms with Crippen LogP contribution in [0.4, 0.5) is 8.78 Å². The Kier molecular flexibility index (Phi) is 5.91. The third-order valence-corrected chi connectivity index (χ3v) is 3.04. The van der Waals surface area contributed by atoms with Crippen molar-refractivity contribution in [1.29, 1.82) is 0 Å². The normalized spacial score (nSPS) is 11.8. The van der Waals surface area contributed by atoms with Gasteiger partial charge in [-0.05, 0) is 36.8 Å². The number of alkyl halides is 2. The molecule has 0 aromatic heterocycles. The minimum Gasteiger partial charge on any atom is -0.481 e. The van der Waals surface area contributed by atoms with Crippen molar-refractivity contribution in [3.05, 3.63) is 60.2 Å². The summed E-state index contributed by atoms with van der Waals surface area (Å²) in [6.07, 6.45) is -0.640. The zero-order chi connectivity index (χ0) is 16.7. The van der Waals surface area contributed by atoms with E-state index in [4.69, 9.17) is 4.74 Å². The van der Waals surface area contributed by atoms with Crippen LogP contribution in [0.2, 0.25) is 0 Å². The summed E-state index contributed by atoms with van der Waals surface area (Å²) in [6, 6.07) is 15.1. The van der Waals surface area contributed by atoms with E-state index >= 15 is 0 Å². The molecule has 0 aliphatic rings. The van der Waals surface area contributed by atoms with Crippen LogP contribution < -0.4 is 14.8 Å². The van der Waals surface area contributed by atoms with Crippen LogP contribution in [0.15, 0.2) is 54.6 Å². The first-order valence-corrected chi connectivity index (χ1v) is 7.08. The molecule has 1 unspecified atom stereocenters. The lowest BCUT2D eigenvalue weighted by Crippen LogP contribution is -2.35. The molecule has 0 bridgehead atoms. The monoisotopic (exact) mass is 321 g/mol. The van der Waals surface area contributed by atoms with Gasteiger partial charge in [-0.2, -0.15) is 8.78 Å². The average Bonchev–Trinajstić information content (AvgIpc) is 2.54. The molecule has 1 atom stereocenters. The van der Waals surface area contributed by atoms with Gasteiger partial charge in [0.05, 0.1) is 0 Å². The van der Waals surface area contributed by atoms with Crippen molar-refractivity contribution in [2.24, 2.45) is 0 Å². The van der Waals surface area contributed by atoms with Crippen LogP contribution in [0.25, 0.3) is 0 Å². The number of carbonyl (C=O) groups excluding carboxylic acids is 1. The second-order valence-corrected chi connectivity index (χ2v) is 4.81. The van der Waals surface area contributed by atoms with E-state index in [1.54, 1.807) is 31.2 Å². The molecule has 6 heteroatoms. The second kappa shape index (κ2) is 8.12. The van der Waals surface area contributed by atoms with Gasteiger partial charge in [-0.3, -0.25) is 4.79 Å². The SMILES string of the molecule is CC(Oc1ccccc1)C(=O)NCc1ccc(OC(F)F)cc1. The molecule has 0 saturated carbocycles. The highest BCUT2D eigenvalue weighted by Crippen LogP contribution is 2.15. The number of halogens is 2. The Bertz CT molecular complexity index is 617. The molecule has 2 aromatic carbocycles. The van der Waals surface area contributed by atoms with E-state index in [2.05, 4.69) is 10.1 Å². The quantitative estimate of drug-likeness (QED) is 0.850. The maximum absolute atomic E-state index is 12.0. The van der Waals surface area contributed by atoms with E-state index in [1.807, 2.05) is 18.2 Å². The fraction of sp³-hybridized carbons (Fsp3) is 0.235. The Balaban J connectivity index is 1.81. The number of ether oxygens (including phenoxy) is 2. The summed E-state index contributed by atoms with van der Waals surface area (Å²) in [5.41, 5.74) is 0.770. The van der Waals surface area contributed by atoms with Crippen molar-refractivity contribution in [3.8, 4) is 11.5 Å². The lowest BCUT2D eigenvalue weighted by Gasteiger charge is -2.14. The summed E-state index contributed by atoms with van der Waals surface area (Å²) in [6.45, 7) is -0.922. The van der Waals surface area contributed by atoms with E-state index in [-0.39, 0.29) is 18.2 Å². The molecule has 0 heterocycles. The molecule has 0 saturated heterocycles. The highest BCUT2D eigenvalue weighted by Gasteiger charge is 2.14. The molecule has 0 aliphatic heterocycles. The number of amides is 1. The van der Waals surface area contributed by atoms with Crippen LogP contribution in [-0.2, 0) is 11.3 Å². The molecular weight excluding hydrogens is 304 g/mol. The predicted octanol–water partition coefficient (Wildman–Crippen LogP) is 3.37. The summed E-state index contributed by atoms with van der Waals surface area (Å²) in [5.74, 6) is 0.432. The fourth-order valence-corrected chi connectivity index (χ4v) is 1.88. The molecule has 4 nitrogen and oxygen atoms in total. The van der Waals surface area contributed by atoms with Crippen molar-refractivity contribution >= 4 is 5.91 Å². The van der Waals surface area contributed by atoms with Crippen molar-refractivity contribution in [3.63, 3.8) is 0 Å². The largest absolute Gasteiger partial charge is 0.481 e. The van der Waals surface area contributed by atoms with Gasteiger partial charge in [0.1, 0.15) is 11.5 Å². The Hall–Kier alpha value is -2.63. The highest BCUT2D eigenvalue weighted by atomic mass is 19.3. The summed E-state index contributed by atoms with van der Waals surface area (Å²) < 4.78 is 33.9. The smallest absolute Gasteiger partial charge is 0.387 e. The van der Waals surface area contributed by atoms with Gasteiger partial charge >= 0.3 is 6.61 Å². The van der Waals surface area contributed by atoms with Crippen LogP contribution in [0.3, 0.4) is 0 Å². The summed E-state index contributed by atoms with van der Waals surface area (Å²) >= 11 is 0. The number of hydrogen-bond donors (Lipinski definition) is 1. The molecule has 1 N–H and O–H groups in total. The zero-order valence-electron chi connectivity index (χ0n) is 12.5. The first-order valence-electron chi connectivity index (χ1n) is 7.08. The van der Waals surface area contributed by atoms with Gasteiger partial charge in [0, 0.05) is 6.54 Å². The number of para-hydroxylation sites is 1. The lowest BCUT2D eigenvalue weighted by atomic mass is 10.2.